The molecule has 0 N–H and O–H groups in total. The minimum absolute atomic E-state index is 0.694. The van der Waals surface area contributed by atoms with Crippen molar-refractivity contribution in [1.29, 1.82) is 0 Å². The minimum atomic E-state index is 0.694. The van der Waals surface area contributed by atoms with E-state index in [0.717, 1.165) is 64.9 Å². The Balaban J connectivity index is 1.57. The van der Waals surface area contributed by atoms with Gasteiger partial charge in [-0.2, -0.15) is 0 Å². The molecule has 7 heteroatoms. The molecule has 0 bridgehead atoms. The summed E-state index contributed by atoms with van der Waals surface area (Å²) < 4.78 is 0. The molecule has 0 aliphatic carbocycles. The van der Waals surface area contributed by atoms with E-state index in [2.05, 4.69) is 73.8 Å². The lowest BCUT2D eigenvalue weighted by Crippen LogP contribution is -2.31. The van der Waals surface area contributed by atoms with Gasteiger partial charge in [-0.25, -0.2) is 0 Å². The maximum absolute atomic E-state index is 4.65. The van der Waals surface area contributed by atoms with Crippen LogP contribution in [0.3, 0.4) is 0 Å². The van der Waals surface area contributed by atoms with Crippen molar-refractivity contribution in [3.8, 4) is 0 Å². The first-order valence-corrected chi connectivity index (χ1v) is 12.9. The zero-order valence-electron chi connectivity index (χ0n) is 23.1. The van der Waals surface area contributed by atoms with Crippen molar-refractivity contribution in [1.82, 2.24) is 19.9 Å². The third kappa shape index (κ3) is 9.42. The van der Waals surface area contributed by atoms with Crippen LogP contribution in [0.1, 0.15) is 50.9 Å². The van der Waals surface area contributed by atoms with Gasteiger partial charge in [0, 0.05) is 55.4 Å². The summed E-state index contributed by atoms with van der Waals surface area (Å²) in [5.74, 6) is 0. The van der Waals surface area contributed by atoms with Crippen LogP contribution < -0.4 is 0 Å². The summed E-state index contributed by atoms with van der Waals surface area (Å²) in [4.78, 5) is 30.0. The van der Waals surface area contributed by atoms with E-state index in [1.54, 1.807) is 0 Å². The second-order valence-corrected chi connectivity index (χ2v) is 9.40. The van der Waals surface area contributed by atoms with Gasteiger partial charge in [0.05, 0.1) is 36.7 Å². The first kappa shape index (κ1) is 28.0. The SMILES string of the molecule is Cc1ccc(C)c(C=NCCN(CCN=Cc2ccc(C)c(C)n2)CCN=Cc2nc(C)ccc2C)n1. The predicted octanol–water partition coefficient (Wildman–Crippen LogP) is 4.68. The number of aryl methyl sites for hydroxylation is 6. The van der Waals surface area contributed by atoms with E-state index in [1.807, 2.05) is 57.6 Å². The smallest absolute Gasteiger partial charge is 0.0840 e. The Bertz CT molecular complexity index is 1200. The fourth-order valence-corrected chi connectivity index (χ4v) is 3.67. The van der Waals surface area contributed by atoms with Gasteiger partial charge in [0.1, 0.15) is 0 Å². The predicted molar refractivity (Wildman–Crippen MR) is 155 cm³/mol. The van der Waals surface area contributed by atoms with E-state index >= 15 is 0 Å². The Morgan fingerprint density at radius 2 is 1.03 bits per heavy atom. The number of aliphatic imine (C=N–C) groups is 3. The van der Waals surface area contributed by atoms with Crippen molar-refractivity contribution in [3.63, 3.8) is 0 Å². The summed E-state index contributed by atoms with van der Waals surface area (Å²) in [7, 11) is 0. The third-order valence-electron chi connectivity index (χ3n) is 6.21. The van der Waals surface area contributed by atoms with Crippen molar-refractivity contribution >= 4 is 18.6 Å². The van der Waals surface area contributed by atoms with Gasteiger partial charge in [0.15, 0.2) is 0 Å². The van der Waals surface area contributed by atoms with E-state index < -0.39 is 0 Å². The molecule has 0 aliphatic heterocycles. The summed E-state index contributed by atoms with van der Waals surface area (Å²) in [6.45, 7) is 16.8. The zero-order valence-corrected chi connectivity index (χ0v) is 23.1. The number of aromatic nitrogens is 3. The average molecular weight is 498 g/mol. The molecule has 3 heterocycles. The van der Waals surface area contributed by atoms with Gasteiger partial charge in [-0.05, 0) is 76.4 Å². The lowest BCUT2D eigenvalue weighted by molar-refractivity contribution is 0.298. The molecule has 0 saturated carbocycles. The molecule has 194 valence electrons. The van der Waals surface area contributed by atoms with Crippen LogP contribution in [0.15, 0.2) is 51.4 Å². The molecule has 0 unspecified atom stereocenters. The molecule has 0 saturated heterocycles. The van der Waals surface area contributed by atoms with E-state index in [0.29, 0.717) is 19.6 Å². The molecule has 0 fully saturated rings. The van der Waals surface area contributed by atoms with Crippen LogP contribution in [0.2, 0.25) is 0 Å². The summed E-state index contributed by atoms with van der Waals surface area (Å²) in [5.41, 5.74) is 9.26. The molecule has 0 radical (unpaired) electrons. The number of hydrogen-bond acceptors (Lipinski definition) is 7. The van der Waals surface area contributed by atoms with Crippen LogP contribution in [-0.2, 0) is 0 Å². The molecule has 0 aliphatic rings. The molecular formula is C30H39N7. The molecule has 3 aromatic heterocycles. The van der Waals surface area contributed by atoms with Gasteiger partial charge < -0.3 is 0 Å². The second kappa shape index (κ2) is 14.2. The lowest BCUT2D eigenvalue weighted by atomic mass is 10.2. The molecule has 37 heavy (non-hydrogen) atoms. The Kier molecular flexibility index (Phi) is 10.8. The molecule has 0 spiro atoms. The van der Waals surface area contributed by atoms with Gasteiger partial charge in [-0.15, -0.1) is 0 Å². The highest BCUT2D eigenvalue weighted by Gasteiger charge is 2.04. The zero-order chi connectivity index (χ0) is 26.6. The Morgan fingerprint density at radius 1 is 0.568 bits per heavy atom. The van der Waals surface area contributed by atoms with Crippen LogP contribution in [-0.4, -0.2) is 77.8 Å². The Hall–Kier alpha value is -3.58. The second-order valence-electron chi connectivity index (χ2n) is 9.40. The standard InChI is InChI=1S/C30H39N7/c1-22-9-12-28(36-27(22)6)19-31-13-16-37(17-14-32-20-29-23(2)7-10-25(4)34-29)18-15-33-21-30-24(3)8-11-26(5)35-30/h7-12,19-21H,13-18H2,1-6H3. The fourth-order valence-electron chi connectivity index (χ4n) is 3.67. The van der Waals surface area contributed by atoms with Crippen molar-refractivity contribution < 1.29 is 0 Å². The van der Waals surface area contributed by atoms with Crippen LogP contribution in [0.4, 0.5) is 0 Å². The number of rotatable bonds is 12. The van der Waals surface area contributed by atoms with E-state index in [1.165, 1.54) is 5.56 Å². The normalized spacial score (nSPS) is 12.1. The first-order valence-electron chi connectivity index (χ1n) is 12.9. The van der Waals surface area contributed by atoms with Gasteiger partial charge in [-0.1, -0.05) is 18.2 Å². The topological polar surface area (TPSA) is 79.0 Å². The highest BCUT2D eigenvalue weighted by atomic mass is 15.1. The van der Waals surface area contributed by atoms with E-state index in [4.69, 9.17) is 0 Å². The number of nitrogens with zero attached hydrogens (tertiary/aromatic N) is 7. The third-order valence-corrected chi connectivity index (χ3v) is 6.21. The lowest BCUT2D eigenvalue weighted by Gasteiger charge is -2.19. The van der Waals surface area contributed by atoms with Gasteiger partial charge in [0.25, 0.3) is 0 Å². The van der Waals surface area contributed by atoms with Crippen LogP contribution >= 0.6 is 0 Å². The van der Waals surface area contributed by atoms with Gasteiger partial charge >= 0.3 is 0 Å². The van der Waals surface area contributed by atoms with E-state index in [-0.39, 0.29) is 0 Å². The van der Waals surface area contributed by atoms with Crippen molar-refractivity contribution in [2.75, 3.05) is 39.3 Å². The average Bonchev–Trinajstić information content (AvgIpc) is 2.87. The number of hydrogen-bond donors (Lipinski definition) is 0. The Morgan fingerprint density at radius 3 is 1.51 bits per heavy atom. The van der Waals surface area contributed by atoms with Crippen molar-refractivity contribution in [2.24, 2.45) is 15.0 Å². The van der Waals surface area contributed by atoms with Crippen LogP contribution in [0, 0.1) is 41.5 Å². The fraction of sp³-hybridized carbons (Fsp3) is 0.400. The first-order chi connectivity index (χ1) is 17.8. The summed E-state index contributed by atoms with van der Waals surface area (Å²) in [6.07, 6.45) is 5.63. The van der Waals surface area contributed by atoms with E-state index in [9.17, 15) is 0 Å². The highest BCUT2D eigenvalue weighted by molar-refractivity contribution is 5.79. The maximum Gasteiger partial charge on any atom is 0.0840 e. The highest BCUT2D eigenvalue weighted by Crippen LogP contribution is 2.05. The molecule has 0 aromatic carbocycles. The van der Waals surface area contributed by atoms with Crippen molar-refractivity contribution in [2.45, 2.75) is 41.5 Å². The van der Waals surface area contributed by atoms with Gasteiger partial charge in [0.2, 0.25) is 0 Å². The quantitative estimate of drug-likeness (QED) is 0.340. The monoisotopic (exact) mass is 497 g/mol. The summed E-state index contributed by atoms with van der Waals surface area (Å²) in [6, 6.07) is 12.3. The maximum atomic E-state index is 4.65. The molecular weight excluding hydrogens is 458 g/mol. The largest absolute Gasteiger partial charge is 0.298 e. The summed E-state index contributed by atoms with van der Waals surface area (Å²) >= 11 is 0. The number of pyridine rings is 3. The van der Waals surface area contributed by atoms with Crippen LogP contribution in [0.5, 0.6) is 0 Å². The molecule has 0 amide bonds. The molecule has 7 nitrogen and oxygen atoms in total. The summed E-state index contributed by atoms with van der Waals surface area (Å²) in [5, 5.41) is 0. The minimum Gasteiger partial charge on any atom is -0.298 e. The molecule has 3 aromatic rings. The van der Waals surface area contributed by atoms with Gasteiger partial charge in [-0.3, -0.25) is 34.8 Å². The van der Waals surface area contributed by atoms with Crippen LogP contribution in [0.25, 0.3) is 0 Å². The van der Waals surface area contributed by atoms with Crippen molar-refractivity contribution in [3.05, 3.63) is 87.3 Å². The Labute approximate surface area is 221 Å². The molecule has 0 atom stereocenters. The molecule has 3 rings (SSSR count).